The summed E-state index contributed by atoms with van der Waals surface area (Å²) in [5, 5.41) is 2.79. The summed E-state index contributed by atoms with van der Waals surface area (Å²) >= 11 is 3.12. The average molecular weight is 354 g/mol. The molecule has 6 heteroatoms. The highest BCUT2D eigenvalue weighted by Gasteiger charge is 2.14. The molecule has 0 aliphatic carbocycles. The number of nitrogens with one attached hydrogen (secondary N) is 1. The molecular formula is C15H17BrFN3O. The van der Waals surface area contributed by atoms with Gasteiger partial charge in [-0.05, 0) is 53.0 Å². The fourth-order valence-corrected chi connectivity index (χ4v) is 2.46. The van der Waals surface area contributed by atoms with Gasteiger partial charge in [0.25, 0.3) is 5.91 Å². The molecule has 1 aromatic carbocycles. The van der Waals surface area contributed by atoms with Crippen molar-refractivity contribution in [2.45, 2.75) is 26.8 Å². The van der Waals surface area contributed by atoms with Crippen LogP contribution in [0.1, 0.15) is 29.4 Å². The predicted octanol–water partition coefficient (Wildman–Crippen LogP) is 3.94. The van der Waals surface area contributed by atoms with E-state index < -0.39 is 0 Å². The molecule has 0 saturated carbocycles. The maximum absolute atomic E-state index is 13.4. The topological polar surface area (TPSA) is 60.0 Å². The van der Waals surface area contributed by atoms with Crippen LogP contribution in [0.4, 0.5) is 15.8 Å². The minimum atomic E-state index is -0.357. The highest BCUT2D eigenvalue weighted by molar-refractivity contribution is 9.10. The number of benzene rings is 1. The molecule has 1 heterocycles. The fraction of sp³-hybridized carbons (Fsp3) is 0.267. The number of hydrogen-bond donors (Lipinski definition) is 2. The SMILES string of the molecule is CCCn1cc(N)cc1C(=O)Nc1cc(Br)c(F)cc1C. The van der Waals surface area contributed by atoms with E-state index in [2.05, 4.69) is 21.2 Å². The Kier molecular flexibility index (Phi) is 4.67. The number of anilines is 2. The van der Waals surface area contributed by atoms with Crippen LogP contribution < -0.4 is 11.1 Å². The van der Waals surface area contributed by atoms with E-state index in [-0.39, 0.29) is 11.7 Å². The normalized spacial score (nSPS) is 10.7. The number of halogens is 2. The number of rotatable bonds is 4. The summed E-state index contributed by atoms with van der Waals surface area (Å²) in [6, 6.07) is 4.57. The molecule has 0 unspecified atom stereocenters. The van der Waals surface area contributed by atoms with Crippen molar-refractivity contribution >= 4 is 33.2 Å². The van der Waals surface area contributed by atoms with Crippen LogP contribution >= 0.6 is 15.9 Å². The number of carbonyl (C=O) groups excluding carboxylic acids is 1. The molecule has 0 radical (unpaired) electrons. The Morgan fingerprint density at radius 3 is 2.81 bits per heavy atom. The number of aromatic nitrogens is 1. The quantitative estimate of drug-likeness (QED) is 0.874. The summed E-state index contributed by atoms with van der Waals surface area (Å²) in [4.78, 5) is 12.4. The van der Waals surface area contributed by atoms with Gasteiger partial charge in [-0.1, -0.05) is 6.92 Å². The third-order valence-electron chi connectivity index (χ3n) is 3.13. The van der Waals surface area contributed by atoms with E-state index in [1.807, 2.05) is 11.5 Å². The van der Waals surface area contributed by atoms with E-state index in [9.17, 15) is 9.18 Å². The van der Waals surface area contributed by atoms with E-state index in [0.29, 0.717) is 33.6 Å². The zero-order chi connectivity index (χ0) is 15.6. The third-order valence-corrected chi connectivity index (χ3v) is 3.74. The van der Waals surface area contributed by atoms with Crippen molar-refractivity contribution in [2.75, 3.05) is 11.1 Å². The number of aryl methyl sites for hydroxylation is 2. The van der Waals surface area contributed by atoms with Gasteiger partial charge >= 0.3 is 0 Å². The number of nitrogen functional groups attached to an aromatic ring is 1. The van der Waals surface area contributed by atoms with Gasteiger partial charge in [0.15, 0.2) is 0 Å². The molecule has 3 N–H and O–H groups in total. The Morgan fingerprint density at radius 1 is 1.43 bits per heavy atom. The highest BCUT2D eigenvalue weighted by Crippen LogP contribution is 2.25. The van der Waals surface area contributed by atoms with Gasteiger partial charge in [0, 0.05) is 18.4 Å². The molecule has 21 heavy (non-hydrogen) atoms. The van der Waals surface area contributed by atoms with Gasteiger partial charge in [-0.15, -0.1) is 0 Å². The van der Waals surface area contributed by atoms with Crippen LogP contribution in [0.5, 0.6) is 0 Å². The summed E-state index contributed by atoms with van der Waals surface area (Å²) in [5.74, 6) is -0.620. The van der Waals surface area contributed by atoms with E-state index in [1.165, 1.54) is 6.07 Å². The lowest BCUT2D eigenvalue weighted by molar-refractivity contribution is 0.101. The summed E-state index contributed by atoms with van der Waals surface area (Å²) in [7, 11) is 0. The van der Waals surface area contributed by atoms with Crippen molar-refractivity contribution in [3.63, 3.8) is 0 Å². The lowest BCUT2D eigenvalue weighted by Gasteiger charge is -2.11. The highest BCUT2D eigenvalue weighted by atomic mass is 79.9. The first-order chi connectivity index (χ1) is 9.92. The molecule has 0 aliphatic heterocycles. The summed E-state index contributed by atoms with van der Waals surface area (Å²) in [5.41, 5.74) is 8.02. The van der Waals surface area contributed by atoms with E-state index in [1.54, 1.807) is 25.3 Å². The van der Waals surface area contributed by atoms with Gasteiger partial charge in [0.05, 0.1) is 10.2 Å². The average Bonchev–Trinajstić information content (AvgIpc) is 2.77. The number of nitrogens with two attached hydrogens (primary N) is 1. The van der Waals surface area contributed by atoms with Crippen molar-refractivity contribution in [3.8, 4) is 0 Å². The van der Waals surface area contributed by atoms with Crippen molar-refractivity contribution in [1.82, 2.24) is 4.57 Å². The van der Waals surface area contributed by atoms with Crippen molar-refractivity contribution < 1.29 is 9.18 Å². The second-order valence-corrected chi connectivity index (χ2v) is 5.74. The Labute approximate surface area is 131 Å². The van der Waals surface area contributed by atoms with Gasteiger partial charge in [0.2, 0.25) is 0 Å². The van der Waals surface area contributed by atoms with Crippen LogP contribution in [0.3, 0.4) is 0 Å². The standard InChI is InChI=1S/C15H17BrFN3O/c1-3-4-20-8-10(18)6-14(20)15(21)19-13-7-11(16)12(17)5-9(13)2/h5-8H,3-4,18H2,1-2H3,(H,19,21). The Bertz CT molecular complexity index is 682. The largest absolute Gasteiger partial charge is 0.397 e. The monoisotopic (exact) mass is 353 g/mol. The molecule has 0 spiro atoms. The lowest BCUT2D eigenvalue weighted by atomic mass is 10.2. The second kappa shape index (κ2) is 6.30. The zero-order valence-corrected chi connectivity index (χ0v) is 13.5. The van der Waals surface area contributed by atoms with Crippen LogP contribution in [-0.4, -0.2) is 10.5 Å². The van der Waals surface area contributed by atoms with Crippen LogP contribution in [0.2, 0.25) is 0 Å². The molecule has 1 aromatic heterocycles. The van der Waals surface area contributed by atoms with Gasteiger partial charge < -0.3 is 15.6 Å². The number of hydrogen-bond acceptors (Lipinski definition) is 2. The summed E-state index contributed by atoms with van der Waals surface area (Å²) in [6.45, 7) is 4.48. The number of nitrogens with zero attached hydrogens (tertiary/aromatic N) is 1. The Hall–Kier alpha value is -1.82. The molecule has 1 amide bonds. The van der Waals surface area contributed by atoms with E-state index in [0.717, 1.165) is 6.42 Å². The first-order valence-electron chi connectivity index (χ1n) is 6.65. The van der Waals surface area contributed by atoms with Crippen molar-refractivity contribution in [3.05, 3.63) is 45.9 Å². The smallest absolute Gasteiger partial charge is 0.272 e. The predicted molar refractivity (Wildman–Crippen MR) is 85.9 cm³/mol. The Morgan fingerprint density at radius 2 is 2.14 bits per heavy atom. The fourth-order valence-electron chi connectivity index (χ4n) is 2.12. The molecule has 0 fully saturated rings. The zero-order valence-electron chi connectivity index (χ0n) is 11.9. The maximum Gasteiger partial charge on any atom is 0.272 e. The molecule has 0 aliphatic rings. The van der Waals surface area contributed by atoms with Crippen molar-refractivity contribution in [1.29, 1.82) is 0 Å². The summed E-state index contributed by atoms with van der Waals surface area (Å²) in [6.07, 6.45) is 2.64. The first kappa shape index (κ1) is 15.6. The van der Waals surface area contributed by atoms with Gasteiger partial charge in [-0.2, -0.15) is 0 Å². The maximum atomic E-state index is 13.4. The molecule has 4 nitrogen and oxygen atoms in total. The van der Waals surface area contributed by atoms with Gasteiger partial charge in [-0.25, -0.2) is 4.39 Å². The minimum Gasteiger partial charge on any atom is -0.397 e. The van der Waals surface area contributed by atoms with Crippen LogP contribution in [-0.2, 0) is 6.54 Å². The molecule has 0 bridgehead atoms. The third kappa shape index (κ3) is 3.44. The molecule has 0 saturated heterocycles. The lowest BCUT2D eigenvalue weighted by Crippen LogP contribution is -2.17. The minimum absolute atomic E-state index is 0.262. The van der Waals surface area contributed by atoms with Gasteiger partial charge in [0.1, 0.15) is 11.5 Å². The van der Waals surface area contributed by atoms with E-state index in [4.69, 9.17) is 5.73 Å². The number of amides is 1. The van der Waals surface area contributed by atoms with Crippen LogP contribution in [0.25, 0.3) is 0 Å². The first-order valence-corrected chi connectivity index (χ1v) is 7.44. The molecule has 2 aromatic rings. The Balaban J connectivity index is 2.28. The molecule has 2 rings (SSSR count). The molecular weight excluding hydrogens is 337 g/mol. The van der Waals surface area contributed by atoms with E-state index >= 15 is 0 Å². The second-order valence-electron chi connectivity index (χ2n) is 4.89. The number of carbonyl (C=O) groups is 1. The summed E-state index contributed by atoms with van der Waals surface area (Å²) < 4.78 is 15.5. The van der Waals surface area contributed by atoms with Crippen molar-refractivity contribution in [2.24, 2.45) is 0 Å². The van der Waals surface area contributed by atoms with Crippen LogP contribution in [0.15, 0.2) is 28.9 Å². The molecule has 112 valence electrons. The molecule has 0 atom stereocenters. The van der Waals surface area contributed by atoms with Gasteiger partial charge in [-0.3, -0.25) is 4.79 Å². The van der Waals surface area contributed by atoms with Crippen LogP contribution in [0, 0.1) is 12.7 Å².